The molecule has 0 amide bonds. The lowest BCUT2D eigenvalue weighted by Gasteiger charge is -2.06. The first kappa shape index (κ1) is 12.1. The first-order valence-electron chi connectivity index (χ1n) is 5.73. The number of anilines is 1. The molecule has 1 atom stereocenters. The van der Waals surface area contributed by atoms with Crippen LogP contribution in [0.4, 0.5) is 5.82 Å². The molecular formula is C11H16ClN5. The molecule has 0 aliphatic rings. The van der Waals surface area contributed by atoms with Crippen molar-refractivity contribution in [1.29, 1.82) is 0 Å². The van der Waals surface area contributed by atoms with Crippen molar-refractivity contribution in [2.24, 2.45) is 0 Å². The molecule has 2 aromatic heterocycles. The van der Waals surface area contributed by atoms with Crippen molar-refractivity contribution in [1.82, 2.24) is 19.6 Å². The first-order valence-corrected chi connectivity index (χ1v) is 6.16. The van der Waals surface area contributed by atoms with E-state index in [1.807, 2.05) is 24.4 Å². The Morgan fingerprint density at radius 3 is 3.06 bits per heavy atom. The highest BCUT2D eigenvalue weighted by Gasteiger charge is 2.06. The number of aromatic nitrogens is 4. The molecule has 0 saturated heterocycles. The number of alkyl halides is 1. The smallest absolute Gasteiger partial charge is 0.203 e. The quantitative estimate of drug-likeness (QED) is 0.656. The molecule has 0 bridgehead atoms. The third-order valence-electron chi connectivity index (χ3n) is 2.57. The normalized spacial score (nSPS) is 12.9. The molecule has 1 N–H and O–H groups in total. The molecule has 5 nitrogen and oxygen atoms in total. The highest BCUT2D eigenvalue weighted by molar-refractivity contribution is 6.20. The van der Waals surface area contributed by atoms with Crippen LogP contribution < -0.4 is 5.32 Å². The Bertz CT molecular complexity index is 494. The molecule has 2 aromatic rings. The van der Waals surface area contributed by atoms with Crippen molar-refractivity contribution in [2.45, 2.75) is 32.1 Å². The van der Waals surface area contributed by atoms with Gasteiger partial charge in [0.25, 0.3) is 0 Å². The summed E-state index contributed by atoms with van der Waals surface area (Å²) < 4.78 is 1.92. The second-order valence-electron chi connectivity index (χ2n) is 4.07. The minimum absolute atomic E-state index is 0.218. The maximum Gasteiger partial charge on any atom is 0.203 e. The molecule has 0 saturated carbocycles. The molecule has 0 aliphatic heterocycles. The zero-order valence-electron chi connectivity index (χ0n) is 10.0. The van der Waals surface area contributed by atoms with Gasteiger partial charge in [0.15, 0.2) is 5.82 Å². The van der Waals surface area contributed by atoms with Gasteiger partial charge in [0, 0.05) is 24.3 Å². The van der Waals surface area contributed by atoms with E-state index in [-0.39, 0.29) is 5.38 Å². The summed E-state index contributed by atoms with van der Waals surface area (Å²) in [4.78, 5) is 4.27. The molecular weight excluding hydrogens is 238 g/mol. The Morgan fingerprint density at radius 1 is 1.47 bits per heavy atom. The lowest BCUT2D eigenvalue weighted by atomic mass is 10.2. The van der Waals surface area contributed by atoms with Gasteiger partial charge in [0.1, 0.15) is 5.82 Å². The molecule has 2 heterocycles. The number of nitrogens with zero attached hydrogens (tertiary/aromatic N) is 4. The van der Waals surface area contributed by atoms with E-state index in [1.165, 1.54) is 0 Å². The summed E-state index contributed by atoms with van der Waals surface area (Å²) in [6.07, 6.45) is 5.61. The van der Waals surface area contributed by atoms with Gasteiger partial charge >= 0.3 is 0 Å². The van der Waals surface area contributed by atoms with E-state index >= 15 is 0 Å². The number of rotatable bonds is 5. The third kappa shape index (κ3) is 2.85. The van der Waals surface area contributed by atoms with Gasteiger partial charge in [-0.2, -0.15) is 0 Å². The molecule has 17 heavy (non-hydrogen) atoms. The molecule has 2 rings (SSSR count). The fourth-order valence-corrected chi connectivity index (χ4v) is 1.81. The molecule has 6 heteroatoms. The van der Waals surface area contributed by atoms with Gasteiger partial charge < -0.3 is 5.32 Å². The molecule has 92 valence electrons. The van der Waals surface area contributed by atoms with E-state index in [0.717, 1.165) is 36.7 Å². The molecule has 0 aromatic carbocycles. The zero-order valence-corrected chi connectivity index (χ0v) is 10.8. The fourth-order valence-electron chi connectivity index (χ4n) is 1.66. The van der Waals surface area contributed by atoms with E-state index in [9.17, 15) is 0 Å². The number of halogens is 1. The third-order valence-corrected chi connectivity index (χ3v) is 2.79. The Balaban J connectivity index is 2.03. The lowest BCUT2D eigenvalue weighted by molar-refractivity contribution is 0.749. The van der Waals surface area contributed by atoms with Crippen LogP contribution in [0.5, 0.6) is 0 Å². The number of hydrogen-bond donors (Lipinski definition) is 1. The van der Waals surface area contributed by atoms with Crippen LogP contribution in [0.1, 0.15) is 25.6 Å². The van der Waals surface area contributed by atoms with Crippen molar-refractivity contribution in [3.63, 3.8) is 0 Å². The van der Waals surface area contributed by atoms with Crippen molar-refractivity contribution >= 4 is 23.1 Å². The van der Waals surface area contributed by atoms with Gasteiger partial charge in [-0.3, -0.25) is 4.40 Å². The standard InChI is InChI=1S/C11H16ClN5/c1-8(12)4-3-5-13-10-11-16-15-9(2)17(11)7-6-14-10/h6-8H,3-5H2,1-2H3,(H,13,14). The molecule has 0 radical (unpaired) electrons. The average Bonchev–Trinajstić information content (AvgIpc) is 2.67. The van der Waals surface area contributed by atoms with Crippen LogP contribution in [0.3, 0.4) is 0 Å². The summed E-state index contributed by atoms with van der Waals surface area (Å²) in [6.45, 7) is 4.76. The Hall–Kier alpha value is -1.36. The topological polar surface area (TPSA) is 55.1 Å². The Labute approximate surface area is 105 Å². The van der Waals surface area contributed by atoms with Gasteiger partial charge in [0.2, 0.25) is 5.65 Å². The molecule has 0 aliphatic carbocycles. The Morgan fingerprint density at radius 2 is 2.29 bits per heavy atom. The predicted molar refractivity (Wildman–Crippen MR) is 68.6 cm³/mol. The van der Waals surface area contributed by atoms with Crippen molar-refractivity contribution in [2.75, 3.05) is 11.9 Å². The molecule has 0 spiro atoms. The van der Waals surface area contributed by atoms with E-state index in [0.29, 0.717) is 0 Å². The van der Waals surface area contributed by atoms with Crippen molar-refractivity contribution < 1.29 is 0 Å². The van der Waals surface area contributed by atoms with E-state index < -0.39 is 0 Å². The monoisotopic (exact) mass is 253 g/mol. The van der Waals surface area contributed by atoms with Crippen LogP contribution >= 0.6 is 11.6 Å². The number of hydrogen-bond acceptors (Lipinski definition) is 4. The SMILES string of the molecule is Cc1nnc2c(NCCCC(C)Cl)nccn12. The minimum atomic E-state index is 0.218. The molecule has 1 unspecified atom stereocenters. The van der Waals surface area contributed by atoms with Gasteiger partial charge in [-0.15, -0.1) is 21.8 Å². The summed E-state index contributed by atoms with van der Waals surface area (Å²) in [7, 11) is 0. The van der Waals surface area contributed by atoms with E-state index in [4.69, 9.17) is 11.6 Å². The maximum atomic E-state index is 5.89. The van der Waals surface area contributed by atoms with Crippen LogP contribution in [-0.4, -0.2) is 31.5 Å². The van der Waals surface area contributed by atoms with E-state index in [1.54, 1.807) is 6.20 Å². The van der Waals surface area contributed by atoms with Gasteiger partial charge in [-0.05, 0) is 26.7 Å². The van der Waals surface area contributed by atoms with Crippen LogP contribution in [0.25, 0.3) is 5.65 Å². The van der Waals surface area contributed by atoms with Crippen LogP contribution in [0, 0.1) is 6.92 Å². The largest absolute Gasteiger partial charge is 0.367 e. The fraction of sp³-hybridized carbons (Fsp3) is 0.545. The predicted octanol–water partition coefficient (Wildman–Crippen LogP) is 2.25. The number of nitrogens with one attached hydrogen (secondary N) is 1. The summed E-state index contributed by atoms with van der Waals surface area (Å²) in [6, 6.07) is 0. The highest BCUT2D eigenvalue weighted by atomic mass is 35.5. The molecule has 0 fully saturated rings. The summed E-state index contributed by atoms with van der Waals surface area (Å²) in [5, 5.41) is 11.6. The summed E-state index contributed by atoms with van der Waals surface area (Å²) in [5.74, 6) is 1.63. The van der Waals surface area contributed by atoms with Crippen LogP contribution in [0.15, 0.2) is 12.4 Å². The van der Waals surface area contributed by atoms with Gasteiger partial charge in [-0.25, -0.2) is 4.98 Å². The van der Waals surface area contributed by atoms with Crippen molar-refractivity contribution in [3.8, 4) is 0 Å². The van der Waals surface area contributed by atoms with Gasteiger partial charge in [0.05, 0.1) is 0 Å². The number of aryl methyl sites for hydroxylation is 1. The van der Waals surface area contributed by atoms with Crippen LogP contribution in [-0.2, 0) is 0 Å². The van der Waals surface area contributed by atoms with E-state index in [2.05, 4.69) is 20.5 Å². The zero-order chi connectivity index (χ0) is 12.3. The first-order chi connectivity index (χ1) is 8.18. The average molecular weight is 254 g/mol. The lowest BCUT2D eigenvalue weighted by Crippen LogP contribution is -2.07. The highest BCUT2D eigenvalue weighted by Crippen LogP contribution is 2.12. The van der Waals surface area contributed by atoms with Crippen LogP contribution in [0.2, 0.25) is 0 Å². The minimum Gasteiger partial charge on any atom is -0.367 e. The van der Waals surface area contributed by atoms with Gasteiger partial charge in [-0.1, -0.05) is 0 Å². The second kappa shape index (κ2) is 5.31. The summed E-state index contributed by atoms with van der Waals surface area (Å²) >= 11 is 5.89. The van der Waals surface area contributed by atoms with Crippen molar-refractivity contribution in [3.05, 3.63) is 18.2 Å². The second-order valence-corrected chi connectivity index (χ2v) is 4.81. The maximum absolute atomic E-state index is 5.89. The Kier molecular flexibility index (Phi) is 3.78. The number of fused-ring (bicyclic) bond motifs is 1. The summed E-state index contributed by atoms with van der Waals surface area (Å²) in [5.41, 5.74) is 0.768.